The maximum absolute atomic E-state index is 15.2. The molecule has 1 aliphatic heterocycles. The van der Waals surface area contributed by atoms with Crippen molar-refractivity contribution < 1.29 is 39.9 Å². The average Bonchev–Trinajstić information content (AvgIpc) is 2.80. The molecule has 0 radical (unpaired) electrons. The SMILES string of the molecule is CCNC(=O)CC1CCC2(S(=O)(=O)c3ccc(C(F)(F)F)cc3)c3c(F)ccc(F)c3OCC2C1. The summed E-state index contributed by atoms with van der Waals surface area (Å²) < 4.78 is 101. The number of hydrogen-bond acceptors (Lipinski definition) is 4. The Hall–Kier alpha value is -2.69. The Balaban J connectivity index is 1.83. The molecule has 1 aliphatic carbocycles. The molecule has 35 heavy (non-hydrogen) atoms. The van der Waals surface area contributed by atoms with Gasteiger partial charge in [-0.1, -0.05) is 0 Å². The van der Waals surface area contributed by atoms with E-state index in [0.29, 0.717) is 18.7 Å². The van der Waals surface area contributed by atoms with E-state index in [2.05, 4.69) is 5.32 Å². The predicted octanol–water partition coefficient (Wildman–Crippen LogP) is 4.99. The highest BCUT2D eigenvalue weighted by atomic mass is 32.2. The number of carbonyl (C=O) groups is 1. The Morgan fingerprint density at radius 1 is 1.11 bits per heavy atom. The average molecular weight is 518 g/mol. The Labute approximate surface area is 199 Å². The van der Waals surface area contributed by atoms with Crippen molar-refractivity contribution in [2.24, 2.45) is 11.8 Å². The summed E-state index contributed by atoms with van der Waals surface area (Å²) in [7, 11) is -4.52. The zero-order valence-electron chi connectivity index (χ0n) is 18.8. The predicted molar refractivity (Wildman–Crippen MR) is 116 cm³/mol. The van der Waals surface area contributed by atoms with E-state index in [-0.39, 0.29) is 44.1 Å². The standard InChI is InChI=1S/C24H24F5NO4S/c1-2-30-20(31)12-14-9-10-23(35(32,33)17-5-3-15(4-6-17)24(27,28)29)16(11-14)13-34-22-19(26)8-7-18(25)21(22)23/h3-8,14,16H,2,9-13H2,1H3,(H,30,31). The number of carbonyl (C=O) groups excluding carboxylic acids is 1. The van der Waals surface area contributed by atoms with Gasteiger partial charge in [0, 0.05) is 18.9 Å². The van der Waals surface area contributed by atoms with Crippen LogP contribution in [0, 0.1) is 23.5 Å². The fraction of sp³-hybridized carbons (Fsp3) is 0.458. The van der Waals surface area contributed by atoms with Gasteiger partial charge in [0.05, 0.1) is 22.6 Å². The minimum absolute atomic E-state index is 0.137. The molecule has 2 aliphatic rings. The Morgan fingerprint density at radius 2 is 1.77 bits per heavy atom. The molecule has 11 heteroatoms. The number of amides is 1. The van der Waals surface area contributed by atoms with Crippen LogP contribution in [0.3, 0.4) is 0 Å². The van der Waals surface area contributed by atoms with E-state index in [1.54, 1.807) is 6.92 Å². The van der Waals surface area contributed by atoms with Gasteiger partial charge in [0.15, 0.2) is 21.4 Å². The summed E-state index contributed by atoms with van der Waals surface area (Å²) in [6.07, 6.45) is -4.25. The summed E-state index contributed by atoms with van der Waals surface area (Å²) in [6, 6.07) is 4.66. The molecule has 3 unspecified atom stereocenters. The molecule has 3 atom stereocenters. The van der Waals surface area contributed by atoms with Crippen molar-refractivity contribution in [1.82, 2.24) is 5.32 Å². The van der Waals surface area contributed by atoms with Crippen molar-refractivity contribution in [2.75, 3.05) is 13.2 Å². The van der Waals surface area contributed by atoms with E-state index in [4.69, 9.17) is 4.74 Å². The maximum atomic E-state index is 15.2. The molecule has 1 heterocycles. The van der Waals surface area contributed by atoms with E-state index >= 15 is 4.39 Å². The van der Waals surface area contributed by atoms with Gasteiger partial charge in [-0.25, -0.2) is 17.2 Å². The van der Waals surface area contributed by atoms with Gasteiger partial charge in [0.2, 0.25) is 5.91 Å². The van der Waals surface area contributed by atoms with E-state index in [1.807, 2.05) is 0 Å². The fourth-order valence-electron chi connectivity index (χ4n) is 5.36. The highest BCUT2D eigenvalue weighted by molar-refractivity contribution is 7.92. The second kappa shape index (κ2) is 9.07. The van der Waals surface area contributed by atoms with E-state index < -0.39 is 60.1 Å². The first-order valence-electron chi connectivity index (χ1n) is 11.2. The smallest absolute Gasteiger partial charge is 0.416 e. The molecule has 0 bridgehead atoms. The van der Waals surface area contributed by atoms with Crippen LogP contribution < -0.4 is 10.1 Å². The first kappa shape index (κ1) is 25.4. The van der Waals surface area contributed by atoms with Crippen molar-refractivity contribution in [1.29, 1.82) is 0 Å². The monoisotopic (exact) mass is 517 g/mol. The number of rotatable bonds is 5. The van der Waals surface area contributed by atoms with Gasteiger partial charge in [-0.3, -0.25) is 4.79 Å². The molecule has 2 aromatic rings. The minimum Gasteiger partial charge on any atom is -0.490 e. The maximum Gasteiger partial charge on any atom is 0.416 e. The molecule has 0 saturated heterocycles. The fourth-order valence-corrected chi connectivity index (χ4v) is 7.72. The van der Waals surface area contributed by atoms with Gasteiger partial charge >= 0.3 is 6.18 Å². The minimum atomic E-state index is -4.67. The second-order valence-electron chi connectivity index (χ2n) is 8.95. The first-order chi connectivity index (χ1) is 16.4. The Morgan fingerprint density at radius 3 is 2.40 bits per heavy atom. The number of benzene rings is 2. The molecule has 4 rings (SSSR count). The van der Waals surface area contributed by atoms with Gasteiger partial charge in [0.1, 0.15) is 10.6 Å². The molecule has 1 N–H and O–H groups in total. The van der Waals surface area contributed by atoms with E-state index in [0.717, 1.165) is 24.3 Å². The summed E-state index contributed by atoms with van der Waals surface area (Å²) in [4.78, 5) is 11.7. The summed E-state index contributed by atoms with van der Waals surface area (Å²) in [5, 5.41) is 2.69. The van der Waals surface area contributed by atoms with Crippen LogP contribution in [-0.4, -0.2) is 27.5 Å². The highest BCUT2D eigenvalue weighted by Crippen LogP contribution is 2.57. The van der Waals surface area contributed by atoms with Gasteiger partial charge in [-0.2, -0.15) is 13.2 Å². The van der Waals surface area contributed by atoms with Crippen LogP contribution in [0.4, 0.5) is 22.0 Å². The van der Waals surface area contributed by atoms with Gasteiger partial charge in [0.25, 0.3) is 0 Å². The zero-order valence-corrected chi connectivity index (χ0v) is 19.6. The van der Waals surface area contributed by atoms with Crippen LogP contribution >= 0.6 is 0 Å². The van der Waals surface area contributed by atoms with Crippen molar-refractivity contribution in [3.63, 3.8) is 0 Å². The van der Waals surface area contributed by atoms with E-state index in [9.17, 15) is 30.8 Å². The molecule has 0 aromatic heterocycles. The third-order valence-electron chi connectivity index (χ3n) is 6.93. The number of ether oxygens (including phenoxy) is 1. The number of halogens is 5. The normalized spacial score (nSPS) is 24.2. The number of hydrogen-bond donors (Lipinski definition) is 1. The third-order valence-corrected chi connectivity index (χ3v) is 9.53. The number of fused-ring (bicyclic) bond motifs is 3. The van der Waals surface area contributed by atoms with Crippen molar-refractivity contribution in [3.05, 3.63) is 59.2 Å². The van der Waals surface area contributed by atoms with Crippen LogP contribution in [0.5, 0.6) is 5.75 Å². The van der Waals surface area contributed by atoms with Crippen LogP contribution in [0.1, 0.15) is 43.7 Å². The molecule has 1 fully saturated rings. The van der Waals surface area contributed by atoms with Crippen LogP contribution in [0.2, 0.25) is 0 Å². The summed E-state index contributed by atoms with van der Waals surface area (Å²) >= 11 is 0. The van der Waals surface area contributed by atoms with Crippen molar-refractivity contribution in [2.45, 2.75) is 48.4 Å². The Bertz CT molecular complexity index is 1230. The first-order valence-corrected chi connectivity index (χ1v) is 12.7. The summed E-state index contributed by atoms with van der Waals surface area (Å²) in [5.41, 5.74) is -1.47. The number of alkyl halides is 3. The lowest BCUT2D eigenvalue weighted by atomic mass is 9.68. The summed E-state index contributed by atoms with van der Waals surface area (Å²) in [6.45, 7) is 1.96. The third kappa shape index (κ3) is 4.28. The van der Waals surface area contributed by atoms with Crippen molar-refractivity contribution >= 4 is 15.7 Å². The molecular formula is C24H24F5NO4S. The van der Waals surface area contributed by atoms with Gasteiger partial charge in [-0.15, -0.1) is 0 Å². The van der Waals surface area contributed by atoms with Crippen molar-refractivity contribution in [3.8, 4) is 5.75 Å². The summed E-state index contributed by atoms with van der Waals surface area (Å²) in [5.74, 6) is -3.66. The molecule has 2 aromatic carbocycles. The highest BCUT2D eigenvalue weighted by Gasteiger charge is 2.59. The lowest BCUT2D eigenvalue weighted by Gasteiger charge is -2.49. The van der Waals surface area contributed by atoms with E-state index in [1.165, 1.54) is 0 Å². The topological polar surface area (TPSA) is 72.5 Å². The lowest BCUT2D eigenvalue weighted by Crippen LogP contribution is -2.52. The molecule has 0 spiro atoms. The zero-order chi connectivity index (χ0) is 25.6. The molecular weight excluding hydrogens is 493 g/mol. The molecule has 190 valence electrons. The van der Waals surface area contributed by atoms with Crippen LogP contribution in [0.15, 0.2) is 41.3 Å². The molecule has 5 nitrogen and oxygen atoms in total. The van der Waals surface area contributed by atoms with Crippen LogP contribution in [-0.2, 0) is 25.6 Å². The molecule has 1 amide bonds. The lowest BCUT2D eigenvalue weighted by molar-refractivity contribution is -0.137. The van der Waals surface area contributed by atoms with Crippen LogP contribution in [0.25, 0.3) is 0 Å². The quantitative estimate of drug-likeness (QED) is 0.568. The molecule has 1 saturated carbocycles. The van der Waals surface area contributed by atoms with Gasteiger partial charge < -0.3 is 10.1 Å². The number of sulfone groups is 1. The Kier molecular flexibility index (Phi) is 6.58. The second-order valence-corrected chi connectivity index (χ2v) is 11.2. The number of nitrogens with one attached hydrogen (secondary N) is 1. The van der Waals surface area contributed by atoms with Gasteiger partial charge in [-0.05, 0) is 68.5 Å². The largest absolute Gasteiger partial charge is 0.490 e.